The van der Waals surface area contributed by atoms with Crippen molar-refractivity contribution in [3.8, 4) is 11.6 Å². The molecule has 5 heterocycles. The molecule has 1 aromatic carbocycles. The molecule has 198 valence electrons. The fourth-order valence-electron chi connectivity index (χ4n) is 5.05. The van der Waals surface area contributed by atoms with Gasteiger partial charge >= 0.3 is 5.69 Å². The van der Waals surface area contributed by atoms with Crippen LogP contribution < -0.4 is 16.3 Å². The number of nitrogens with zero attached hydrogens (tertiary/aromatic N) is 8. The lowest BCUT2D eigenvalue weighted by molar-refractivity contribution is 0.0786. The standard InChI is InChI=1S/C26H31N9O3/c1-26(2,37)17-6-8-18(9-7-17)33-13-10-32(11-14-33)12-15-34-22-20(31(3)25(34)36)23-28-21(19-5-4-16-38-19)30-35(23)24(27)29-22/h4-9,16,37H,10-15H2,1-3H3,(H2,27,29). The third kappa shape index (κ3) is 4.11. The molecule has 0 atom stereocenters. The molecular formula is C26H31N9O3. The van der Waals surface area contributed by atoms with Gasteiger partial charge in [0.2, 0.25) is 11.8 Å². The Bertz CT molecular complexity index is 1650. The quantitative estimate of drug-likeness (QED) is 0.345. The number of piperazine rings is 1. The van der Waals surface area contributed by atoms with E-state index in [1.807, 2.05) is 12.1 Å². The van der Waals surface area contributed by atoms with E-state index in [1.54, 1.807) is 48.4 Å². The number of hydrogen-bond donors (Lipinski definition) is 2. The Morgan fingerprint density at radius 2 is 1.76 bits per heavy atom. The molecule has 0 bridgehead atoms. The van der Waals surface area contributed by atoms with Crippen LogP contribution in [0.2, 0.25) is 0 Å². The minimum absolute atomic E-state index is 0.154. The van der Waals surface area contributed by atoms with Gasteiger partial charge in [-0.25, -0.2) is 9.78 Å². The number of benzene rings is 1. The van der Waals surface area contributed by atoms with Crippen molar-refractivity contribution in [2.24, 2.45) is 7.05 Å². The molecule has 1 aliphatic rings. The minimum Gasteiger partial charge on any atom is -0.461 e. The highest BCUT2D eigenvalue weighted by Crippen LogP contribution is 2.25. The largest absolute Gasteiger partial charge is 0.461 e. The van der Waals surface area contributed by atoms with E-state index >= 15 is 0 Å². The number of fused-ring (bicyclic) bond motifs is 3. The summed E-state index contributed by atoms with van der Waals surface area (Å²) in [5.41, 5.74) is 8.78. The highest BCUT2D eigenvalue weighted by molar-refractivity contribution is 5.88. The lowest BCUT2D eigenvalue weighted by Gasteiger charge is -2.36. The van der Waals surface area contributed by atoms with Crippen molar-refractivity contribution in [2.45, 2.75) is 26.0 Å². The van der Waals surface area contributed by atoms with Crippen molar-refractivity contribution in [2.75, 3.05) is 43.4 Å². The fourth-order valence-corrected chi connectivity index (χ4v) is 5.05. The van der Waals surface area contributed by atoms with Crippen molar-refractivity contribution in [1.82, 2.24) is 33.6 Å². The highest BCUT2D eigenvalue weighted by Gasteiger charge is 2.23. The molecule has 5 aromatic rings. The summed E-state index contributed by atoms with van der Waals surface area (Å²) < 4.78 is 10.1. The SMILES string of the molecule is Cn1c(=O)n(CCN2CCN(c3ccc(C(C)(C)O)cc3)CC2)c2nc(N)n3nc(-c4ccco4)nc3c21. The smallest absolute Gasteiger partial charge is 0.330 e. The summed E-state index contributed by atoms with van der Waals surface area (Å²) in [5, 5.41) is 14.6. The first-order chi connectivity index (χ1) is 18.2. The third-order valence-corrected chi connectivity index (χ3v) is 7.27. The Morgan fingerprint density at radius 3 is 2.42 bits per heavy atom. The molecule has 1 fully saturated rings. The molecule has 1 aliphatic heterocycles. The number of furan rings is 1. The van der Waals surface area contributed by atoms with Crippen molar-refractivity contribution in [1.29, 1.82) is 0 Å². The second-order valence-corrected chi connectivity index (χ2v) is 10.2. The maximum atomic E-state index is 13.2. The van der Waals surface area contributed by atoms with Crippen molar-refractivity contribution in [3.05, 3.63) is 58.7 Å². The van der Waals surface area contributed by atoms with Gasteiger partial charge in [0.05, 0.1) is 11.9 Å². The van der Waals surface area contributed by atoms with Gasteiger partial charge in [0.25, 0.3) is 0 Å². The van der Waals surface area contributed by atoms with Crippen LogP contribution in [0.15, 0.2) is 51.9 Å². The number of anilines is 2. The average Bonchev–Trinajstić information content (AvgIpc) is 3.63. The number of aromatic nitrogens is 6. The summed E-state index contributed by atoms with van der Waals surface area (Å²) in [6, 6.07) is 11.6. The first-order valence-electron chi connectivity index (χ1n) is 12.7. The highest BCUT2D eigenvalue weighted by atomic mass is 16.3. The van der Waals surface area contributed by atoms with Crippen molar-refractivity contribution in [3.63, 3.8) is 0 Å². The van der Waals surface area contributed by atoms with Crippen LogP contribution in [0.1, 0.15) is 19.4 Å². The molecule has 4 aromatic heterocycles. The Kier molecular flexibility index (Phi) is 5.73. The maximum absolute atomic E-state index is 13.2. The lowest BCUT2D eigenvalue weighted by atomic mass is 9.98. The summed E-state index contributed by atoms with van der Waals surface area (Å²) in [6.45, 7) is 8.30. The lowest BCUT2D eigenvalue weighted by Crippen LogP contribution is -2.47. The number of rotatable bonds is 6. The van der Waals surface area contributed by atoms with Gasteiger partial charge in [-0.15, -0.1) is 5.10 Å². The second-order valence-electron chi connectivity index (χ2n) is 10.2. The summed E-state index contributed by atoms with van der Waals surface area (Å²) in [6.07, 6.45) is 1.55. The van der Waals surface area contributed by atoms with E-state index in [-0.39, 0.29) is 11.6 Å². The van der Waals surface area contributed by atoms with E-state index in [4.69, 9.17) is 10.2 Å². The van der Waals surface area contributed by atoms with Gasteiger partial charge in [0.15, 0.2) is 17.1 Å². The monoisotopic (exact) mass is 517 g/mol. The molecule has 38 heavy (non-hydrogen) atoms. The van der Waals surface area contributed by atoms with E-state index in [0.717, 1.165) is 37.4 Å². The Morgan fingerprint density at radius 1 is 1.03 bits per heavy atom. The van der Waals surface area contributed by atoms with Crippen LogP contribution in [-0.4, -0.2) is 71.4 Å². The molecule has 3 N–H and O–H groups in total. The normalized spacial score (nSPS) is 15.2. The fraction of sp³-hybridized carbons (Fsp3) is 0.385. The molecule has 0 unspecified atom stereocenters. The number of nitrogen functional groups attached to an aromatic ring is 1. The first-order valence-corrected chi connectivity index (χ1v) is 12.7. The Hall–Kier alpha value is -4.16. The molecule has 12 nitrogen and oxygen atoms in total. The maximum Gasteiger partial charge on any atom is 0.330 e. The third-order valence-electron chi connectivity index (χ3n) is 7.27. The number of imidazole rings is 1. The molecule has 0 saturated carbocycles. The van der Waals surface area contributed by atoms with Gasteiger partial charge in [-0.05, 0) is 43.7 Å². The molecule has 0 aliphatic carbocycles. The van der Waals surface area contributed by atoms with Gasteiger partial charge in [0.1, 0.15) is 5.52 Å². The van der Waals surface area contributed by atoms with E-state index in [9.17, 15) is 9.90 Å². The number of aryl methyl sites for hydroxylation is 1. The zero-order chi connectivity index (χ0) is 26.6. The predicted octanol–water partition coefficient (Wildman–Crippen LogP) is 1.67. The number of hydrogen-bond acceptors (Lipinski definition) is 9. The predicted molar refractivity (Wildman–Crippen MR) is 144 cm³/mol. The molecular weight excluding hydrogens is 486 g/mol. The number of aliphatic hydroxyl groups is 1. The van der Waals surface area contributed by atoms with Crippen LogP contribution in [0, 0.1) is 0 Å². The van der Waals surface area contributed by atoms with Crippen LogP contribution >= 0.6 is 0 Å². The van der Waals surface area contributed by atoms with Crippen molar-refractivity contribution >= 4 is 28.4 Å². The van der Waals surface area contributed by atoms with E-state index in [0.29, 0.717) is 41.5 Å². The van der Waals surface area contributed by atoms with Crippen LogP contribution in [-0.2, 0) is 19.2 Å². The second kappa shape index (κ2) is 8.99. The molecule has 0 radical (unpaired) electrons. The average molecular weight is 518 g/mol. The summed E-state index contributed by atoms with van der Waals surface area (Å²) in [7, 11) is 1.71. The van der Waals surface area contributed by atoms with Gasteiger partial charge in [-0.3, -0.25) is 14.0 Å². The zero-order valence-electron chi connectivity index (χ0n) is 21.7. The molecule has 0 spiro atoms. The minimum atomic E-state index is -0.849. The number of nitrogens with two attached hydrogens (primary N) is 1. The zero-order valence-corrected chi connectivity index (χ0v) is 21.7. The van der Waals surface area contributed by atoms with E-state index in [2.05, 4.69) is 37.0 Å². The molecule has 0 amide bonds. The molecule has 1 saturated heterocycles. The first kappa shape index (κ1) is 24.2. The topological polar surface area (TPSA) is 136 Å². The van der Waals surface area contributed by atoms with Crippen LogP contribution in [0.25, 0.3) is 28.4 Å². The van der Waals surface area contributed by atoms with E-state index < -0.39 is 5.60 Å². The molecule has 12 heteroatoms. The van der Waals surface area contributed by atoms with E-state index in [1.165, 1.54) is 4.52 Å². The van der Waals surface area contributed by atoms with Gasteiger partial charge in [-0.1, -0.05) is 12.1 Å². The summed E-state index contributed by atoms with van der Waals surface area (Å²) in [4.78, 5) is 27.0. The van der Waals surface area contributed by atoms with Crippen molar-refractivity contribution < 1.29 is 9.52 Å². The van der Waals surface area contributed by atoms with Gasteiger partial charge in [0, 0.05) is 52.0 Å². The summed E-state index contributed by atoms with van der Waals surface area (Å²) >= 11 is 0. The van der Waals surface area contributed by atoms with Crippen LogP contribution in [0.4, 0.5) is 11.6 Å². The van der Waals surface area contributed by atoms with Crippen LogP contribution in [0.3, 0.4) is 0 Å². The Labute approximate surface area is 218 Å². The van der Waals surface area contributed by atoms with Gasteiger partial charge in [-0.2, -0.15) is 9.50 Å². The molecule has 6 rings (SSSR count). The van der Waals surface area contributed by atoms with Crippen LogP contribution in [0.5, 0.6) is 0 Å². The Balaban J connectivity index is 1.19. The summed E-state index contributed by atoms with van der Waals surface area (Å²) in [5.74, 6) is 1.04. The van der Waals surface area contributed by atoms with Gasteiger partial charge < -0.3 is 20.2 Å².